The fourth-order valence-corrected chi connectivity index (χ4v) is 1.76. The predicted molar refractivity (Wildman–Crippen MR) is 73.0 cm³/mol. The van der Waals surface area contributed by atoms with Gasteiger partial charge in [-0.3, -0.25) is 15.3 Å². The fourth-order valence-electron chi connectivity index (χ4n) is 1.76. The van der Waals surface area contributed by atoms with Crippen molar-refractivity contribution in [2.24, 2.45) is 5.73 Å². The minimum absolute atomic E-state index is 0.225. The number of rotatable bonds is 7. The topological polar surface area (TPSA) is 75.2 Å². The average Bonchev–Trinajstić information content (AvgIpc) is 2.33. The van der Waals surface area contributed by atoms with Crippen LogP contribution in [0.25, 0.3) is 0 Å². The standard InChI is InChI=1S/C13H22N4O/c1-4-17(6-5-13(14)15)9-11-8-12(18-3)7-10(2)16-11/h7-8H,4-6,9H2,1-3H3,(H3,14,15). The lowest BCUT2D eigenvalue weighted by atomic mass is 10.2. The number of nitrogens with one attached hydrogen (secondary N) is 1. The van der Waals surface area contributed by atoms with Crippen molar-refractivity contribution in [3.8, 4) is 5.75 Å². The van der Waals surface area contributed by atoms with Crippen molar-refractivity contribution in [2.45, 2.75) is 26.8 Å². The molecule has 0 amide bonds. The fraction of sp³-hybridized carbons (Fsp3) is 0.538. The van der Waals surface area contributed by atoms with Crippen LogP contribution < -0.4 is 10.5 Å². The van der Waals surface area contributed by atoms with Gasteiger partial charge in [0.05, 0.1) is 18.6 Å². The smallest absolute Gasteiger partial charge is 0.122 e. The molecule has 0 aliphatic heterocycles. The highest BCUT2D eigenvalue weighted by Crippen LogP contribution is 2.14. The van der Waals surface area contributed by atoms with Crippen LogP contribution in [0.2, 0.25) is 0 Å². The second-order valence-electron chi connectivity index (χ2n) is 4.28. The molecule has 0 radical (unpaired) electrons. The Bertz CT molecular complexity index is 406. The number of nitrogens with two attached hydrogens (primary N) is 1. The molecule has 3 N–H and O–H groups in total. The van der Waals surface area contributed by atoms with E-state index in [4.69, 9.17) is 15.9 Å². The highest BCUT2D eigenvalue weighted by atomic mass is 16.5. The van der Waals surface area contributed by atoms with Gasteiger partial charge in [0.1, 0.15) is 5.75 Å². The maximum Gasteiger partial charge on any atom is 0.122 e. The van der Waals surface area contributed by atoms with Crippen LogP contribution in [0.4, 0.5) is 0 Å². The molecule has 0 atom stereocenters. The molecule has 0 saturated heterocycles. The van der Waals surface area contributed by atoms with Gasteiger partial charge in [0.25, 0.3) is 0 Å². The predicted octanol–water partition coefficient (Wildman–Crippen LogP) is 1.55. The van der Waals surface area contributed by atoms with E-state index in [0.29, 0.717) is 6.42 Å². The number of aryl methyl sites for hydroxylation is 1. The van der Waals surface area contributed by atoms with Gasteiger partial charge in [-0.15, -0.1) is 0 Å². The Morgan fingerprint density at radius 1 is 1.50 bits per heavy atom. The summed E-state index contributed by atoms with van der Waals surface area (Å²) in [5.41, 5.74) is 7.31. The molecular formula is C13H22N4O. The molecule has 1 rings (SSSR count). The van der Waals surface area contributed by atoms with Gasteiger partial charge in [-0.2, -0.15) is 0 Å². The van der Waals surface area contributed by atoms with Crippen LogP contribution in [0, 0.1) is 12.3 Å². The molecule has 0 aliphatic carbocycles. The summed E-state index contributed by atoms with van der Waals surface area (Å²) < 4.78 is 5.24. The van der Waals surface area contributed by atoms with Gasteiger partial charge in [-0.1, -0.05) is 6.92 Å². The zero-order valence-corrected chi connectivity index (χ0v) is 11.4. The van der Waals surface area contributed by atoms with E-state index in [9.17, 15) is 0 Å². The van der Waals surface area contributed by atoms with Crippen LogP contribution in [0.1, 0.15) is 24.7 Å². The van der Waals surface area contributed by atoms with Crippen LogP contribution in [0.15, 0.2) is 12.1 Å². The lowest BCUT2D eigenvalue weighted by Gasteiger charge is -2.20. The van der Waals surface area contributed by atoms with Crippen LogP contribution >= 0.6 is 0 Å². The third kappa shape index (κ3) is 4.71. The van der Waals surface area contributed by atoms with Crippen molar-refractivity contribution in [3.05, 3.63) is 23.5 Å². The van der Waals surface area contributed by atoms with Gasteiger partial charge >= 0.3 is 0 Å². The van der Waals surface area contributed by atoms with Gasteiger partial charge in [-0.05, 0) is 13.5 Å². The highest BCUT2D eigenvalue weighted by molar-refractivity contribution is 5.76. The van der Waals surface area contributed by atoms with Gasteiger partial charge < -0.3 is 10.5 Å². The van der Waals surface area contributed by atoms with E-state index >= 15 is 0 Å². The zero-order valence-electron chi connectivity index (χ0n) is 11.4. The van der Waals surface area contributed by atoms with Crippen molar-refractivity contribution in [2.75, 3.05) is 20.2 Å². The van der Waals surface area contributed by atoms with Crippen LogP contribution in [0.5, 0.6) is 5.75 Å². The third-order valence-electron chi connectivity index (χ3n) is 2.75. The molecule has 100 valence electrons. The highest BCUT2D eigenvalue weighted by Gasteiger charge is 2.07. The Morgan fingerprint density at radius 3 is 2.78 bits per heavy atom. The Morgan fingerprint density at radius 2 is 2.22 bits per heavy atom. The van der Waals surface area contributed by atoms with Crippen molar-refractivity contribution in [3.63, 3.8) is 0 Å². The monoisotopic (exact) mass is 250 g/mol. The van der Waals surface area contributed by atoms with E-state index in [0.717, 1.165) is 36.8 Å². The first kappa shape index (κ1) is 14.4. The summed E-state index contributed by atoms with van der Waals surface area (Å²) in [6.45, 7) is 6.49. The Labute approximate surface area is 108 Å². The molecule has 0 aromatic carbocycles. The largest absolute Gasteiger partial charge is 0.497 e. The first-order chi connectivity index (χ1) is 8.55. The molecular weight excluding hydrogens is 228 g/mol. The van der Waals surface area contributed by atoms with Gasteiger partial charge in [0.15, 0.2) is 0 Å². The minimum Gasteiger partial charge on any atom is -0.497 e. The van der Waals surface area contributed by atoms with Gasteiger partial charge in [0, 0.05) is 37.3 Å². The van der Waals surface area contributed by atoms with Crippen LogP contribution in [0.3, 0.4) is 0 Å². The van der Waals surface area contributed by atoms with Crippen molar-refractivity contribution in [1.82, 2.24) is 9.88 Å². The number of hydrogen-bond donors (Lipinski definition) is 2. The summed E-state index contributed by atoms with van der Waals surface area (Å²) in [6, 6.07) is 3.86. The second kappa shape index (κ2) is 6.96. The molecule has 1 aromatic rings. The normalized spacial score (nSPS) is 10.7. The number of pyridine rings is 1. The van der Waals surface area contributed by atoms with Crippen LogP contribution in [-0.4, -0.2) is 35.9 Å². The average molecular weight is 250 g/mol. The lowest BCUT2D eigenvalue weighted by molar-refractivity contribution is 0.284. The third-order valence-corrected chi connectivity index (χ3v) is 2.75. The summed E-state index contributed by atoms with van der Waals surface area (Å²) in [6.07, 6.45) is 0.594. The Hall–Kier alpha value is -1.62. The first-order valence-corrected chi connectivity index (χ1v) is 6.12. The molecule has 5 nitrogen and oxygen atoms in total. The summed E-state index contributed by atoms with van der Waals surface area (Å²) >= 11 is 0. The van der Waals surface area contributed by atoms with E-state index in [2.05, 4.69) is 16.8 Å². The summed E-state index contributed by atoms with van der Waals surface area (Å²) in [4.78, 5) is 6.70. The molecule has 0 unspecified atom stereocenters. The SMILES string of the molecule is CCN(CCC(=N)N)Cc1cc(OC)cc(C)n1. The van der Waals surface area contributed by atoms with E-state index in [1.54, 1.807) is 7.11 Å². The molecule has 0 bridgehead atoms. The number of aromatic nitrogens is 1. The molecule has 0 fully saturated rings. The number of methoxy groups -OCH3 is 1. The van der Waals surface area contributed by atoms with E-state index in [1.165, 1.54) is 0 Å². The van der Waals surface area contributed by atoms with Crippen molar-refractivity contribution < 1.29 is 4.74 Å². The lowest BCUT2D eigenvalue weighted by Crippen LogP contribution is -2.27. The molecule has 1 aromatic heterocycles. The quantitative estimate of drug-likeness (QED) is 0.568. The number of ether oxygens (including phenoxy) is 1. The summed E-state index contributed by atoms with van der Waals surface area (Å²) in [5, 5.41) is 7.26. The maximum absolute atomic E-state index is 7.26. The van der Waals surface area contributed by atoms with Gasteiger partial charge in [0.2, 0.25) is 0 Å². The second-order valence-corrected chi connectivity index (χ2v) is 4.28. The van der Waals surface area contributed by atoms with Crippen LogP contribution in [-0.2, 0) is 6.54 Å². The number of amidine groups is 1. The zero-order chi connectivity index (χ0) is 13.5. The molecule has 18 heavy (non-hydrogen) atoms. The van der Waals surface area contributed by atoms with E-state index in [-0.39, 0.29) is 5.84 Å². The van der Waals surface area contributed by atoms with Gasteiger partial charge in [-0.25, -0.2) is 0 Å². The maximum atomic E-state index is 7.26. The summed E-state index contributed by atoms with van der Waals surface area (Å²) in [7, 11) is 1.66. The summed E-state index contributed by atoms with van der Waals surface area (Å²) in [5.74, 6) is 1.06. The van der Waals surface area contributed by atoms with Crippen molar-refractivity contribution >= 4 is 5.84 Å². The molecule has 5 heteroatoms. The molecule has 0 saturated carbocycles. The van der Waals surface area contributed by atoms with E-state index in [1.807, 2.05) is 19.1 Å². The number of nitrogens with zero attached hydrogens (tertiary/aromatic N) is 2. The minimum atomic E-state index is 0.225. The first-order valence-electron chi connectivity index (χ1n) is 6.12. The van der Waals surface area contributed by atoms with E-state index < -0.39 is 0 Å². The number of hydrogen-bond acceptors (Lipinski definition) is 4. The molecule has 0 aliphatic rings. The molecule has 1 heterocycles. The van der Waals surface area contributed by atoms with Crippen molar-refractivity contribution in [1.29, 1.82) is 5.41 Å². The Balaban J connectivity index is 2.68. The Kier molecular flexibility index (Phi) is 5.58. The molecule has 0 spiro atoms.